The van der Waals surface area contributed by atoms with Crippen LogP contribution in [0.25, 0.3) is 0 Å². The molecule has 3 aromatic rings. The van der Waals surface area contributed by atoms with E-state index in [0.29, 0.717) is 6.61 Å². The van der Waals surface area contributed by atoms with Gasteiger partial charge in [0.15, 0.2) is 0 Å². The zero-order valence-corrected chi connectivity index (χ0v) is 21.3. The first-order chi connectivity index (χ1) is 17.0. The van der Waals surface area contributed by atoms with E-state index in [1.54, 1.807) is 42.1 Å². The number of hydrogen-bond acceptors (Lipinski definition) is 6. The molecule has 3 atom stereocenters. The van der Waals surface area contributed by atoms with Gasteiger partial charge in [-0.15, -0.1) is 11.8 Å². The average molecular weight is 494 g/mol. The Bertz CT molecular complexity index is 1060. The number of hydrogen-bond donors (Lipinski definition) is 2. The highest BCUT2D eigenvalue weighted by atomic mass is 32.2. The number of thioether (sulfide) groups is 1. The number of phenolic OH excluding ortho intramolecular Hbond substituents is 2. The number of rotatable bonds is 6. The van der Waals surface area contributed by atoms with Gasteiger partial charge in [0, 0.05) is 12.6 Å². The number of nitrogens with zero attached hydrogens (tertiary/aromatic N) is 1. The lowest BCUT2D eigenvalue weighted by atomic mass is 9.99. The van der Waals surface area contributed by atoms with Crippen molar-refractivity contribution >= 4 is 11.8 Å². The van der Waals surface area contributed by atoms with Gasteiger partial charge in [-0.1, -0.05) is 43.7 Å². The van der Waals surface area contributed by atoms with Gasteiger partial charge in [0.1, 0.15) is 36.2 Å². The fraction of sp³-hybridized carbons (Fsp3) is 0.379. The third-order valence-electron chi connectivity index (χ3n) is 6.81. The lowest BCUT2D eigenvalue weighted by Gasteiger charge is -2.25. The molecular weight excluding hydrogens is 458 g/mol. The summed E-state index contributed by atoms with van der Waals surface area (Å²) in [4.78, 5) is 3.50. The maximum Gasteiger partial charge on any atom is 0.133 e. The minimum atomic E-state index is 0.180. The number of likely N-dealkylation sites (tertiary alicyclic amines) is 1. The molecule has 35 heavy (non-hydrogen) atoms. The predicted octanol–water partition coefficient (Wildman–Crippen LogP) is 6.51. The summed E-state index contributed by atoms with van der Waals surface area (Å²) in [7, 11) is 0. The zero-order valence-electron chi connectivity index (χ0n) is 20.5. The molecule has 0 aliphatic carbocycles. The van der Waals surface area contributed by atoms with Crippen molar-refractivity contribution in [3.63, 3.8) is 0 Å². The predicted molar refractivity (Wildman–Crippen MR) is 142 cm³/mol. The molecule has 2 aliphatic rings. The Hall–Kier alpha value is -2.83. The van der Waals surface area contributed by atoms with Crippen LogP contribution < -0.4 is 9.47 Å². The van der Waals surface area contributed by atoms with Crippen molar-refractivity contribution in [1.82, 2.24) is 4.90 Å². The van der Waals surface area contributed by atoms with Gasteiger partial charge < -0.3 is 19.7 Å². The highest BCUT2D eigenvalue weighted by Crippen LogP contribution is 2.45. The number of aromatic hydroxyl groups is 2. The largest absolute Gasteiger partial charge is 0.508 e. The lowest BCUT2D eigenvalue weighted by molar-refractivity contribution is 0.190. The van der Waals surface area contributed by atoms with Crippen molar-refractivity contribution in [2.75, 3.05) is 26.3 Å². The van der Waals surface area contributed by atoms with Gasteiger partial charge in [-0.2, -0.15) is 0 Å². The van der Waals surface area contributed by atoms with Crippen LogP contribution in [0.3, 0.4) is 0 Å². The number of phenols is 2. The molecule has 1 fully saturated rings. The van der Waals surface area contributed by atoms with Crippen molar-refractivity contribution < 1.29 is 19.7 Å². The molecule has 5 rings (SSSR count). The van der Waals surface area contributed by atoms with Gasteiger partial charge in [-0.25, -0.2) is 0 Å². The van der Waals surface area contributed by atoms with Crippen LogP contribution in [0.4, 0.5) is 0 Å². The molecule has 6 heteroatoms. The van der Waals surface area contributed by atoms with E-state index in [0.717, 1.165) is 47.1 Å². The van der Waals surface area contributed by atoms with Crippen LogP contribution in [0.15, 0.2) is 77.7 Å². The Morgan fingerprint density at radius 3 is 2.46 bits per heavy atom. The van der Waals surface area contributed by atoms with Gasteiger partial charge >= 0.3 is 0 Å². The van der Waals surface area contributed by atoms with E-state index in [2.05, 4.69) is 18.7 Å². The molecule has 0 spiro atoms. The SMILES string of the molecule is CCC1CCN(CCOc2ccccc2)[C@@H]1C.Oc1ccc([C@@H]2COc3ccc(O)cc3S2)cc1. The quantitative estimate of drug-likeness (QED) is 0.408. The van der Waals surface area contributed by atoms with Crippen molar-refractivity contribution in [2.24, 2.45) is 5.92 Å². The third kappa shape index (κ3) is 6.86. The van der Waals surface area contributed by atoms with Crippen LogP contribution >= 0.6 is 11.8 Å². The first-order valence-electron chi connectivity index (χ1n) is 12.4. The smallest absolute Gasteiger partial charge is 0.133 e. The number of fused-ring (bicyclic) bond motifs is 1. The van der Waals surface area contributed by atoms with Gasteiger partial charge in [-0.05, 0) is 73.8 Å². The van der Waals surface area contributed by atoms with Crippen molar-refractivity contribution in [3.8, 4) is 23.0 Å². The van der Waals surface area contributed by atoms with E-state index in [1.807, 2.05) is 42.5 Å². The molecule has 186 valence electrons. The monoisotopic (exact) mass is 493 g/mol. The topological polar surface area (TPSA) is 62.2 Å². The van der Waals surface area contributed by atoms with E-state index in [1.165, 1.54) is 19.4 Å². The molecule has 0 amide bonds. The summed E-state index contributed by atoms with van der Waals surface area (Å²) in [6, 6.07) is 23.1. The molecule has 2 N–H and O–H groups in total. The van der Waals surface area contributed by atoms with Crippen LogP contribution in [-0.4, -0.2) is 47.5 Å². The Labute approximate surface area is 212 Å². The maximum absolute atomic E-state index is 9.48. The molecular formula is C29H35NO4S. The summed E-state index contributed by atoms with van der Waals surface area (Å²) in [5.41, 5.74) is 1.10. The normalized spacial score (nSPS) is 21.4. The average Bonchev–Trinajstić information content (AvgIpc) is 3.24. The first-order valence-corrected chi connectivity index (χ1v) is 13.2. The second-order valence-corrected chi connectivity index (χ2v) is 10.3. The summed E-state index contributed by atoms with van der Waals surface area (Å²) in [6.45, 7) is 8.32. The van der Waals surface area contributed by atoms with Crippen LogP contribution in [-0.2, 0) is 0 Å². The highest BCUT2D eigenvalue weighted by Gasteiger charge is 2.28. The summed E-state index contributed by atoms with van der Waals surface area (Å²) in [6.07, 6.45) is 2.65. The standard InChI is InChI=1S/C15H23NO.C14H12O3S/c1-3-14-9-10-16(13(14)2)11-12-17-15-7-5-4-6-8-15;15-10-3-1-9(2-4-10)14-8-17-12-6-5-11(16)7-13(12)18-14/h4-8,13-14H,3,9-12H2,1-2H3;1-7,14-16H,8H2/t13-,14?;14-/m10/s1. The Balaban J connectivity index is 0.000000165. The number of para-hydroxylation sites is 1. The molecule has 0 radical (unpaired) electrons. The van der Waals surface area contributed by atoms with Gasteiger partial charge in [-0.3, -0.25) is 4.90 Å². The summed E-state index contributed by atoms with van der Waals surface area (Å²) >= 11 is 1.66. The van der Waals surface area contributed by atoms with E-state index in [-0.39, 0.29) is 16.7 Å². The van der Waals surface area contributed by atoms with Gasteiger partial charge in [0.25, 0.3) is 0 Å². The van der Waals surface area contributed by atoms with Crippen LogP contribution in [0.1, 0.15) is 37.5 Å². The van der Waals surface area contributed by atoms with Crippen molar-refractivity contribution in [2.45, 2.75) is 42.9 Å². The van der Waals surface area contributed by atoms with Crippen LogP contribution in [0.5, 0.6) is 23.0 Å². The molecule has 2 heterocycles. The minimum absolute atomic E-state index is 0.180. The van der Waals surface area contributed by atoms with Crippen LogP contribution in [0, 0.1) is 5.92 Å². The second kappa shape index (κ2) is 12.2. The van der Waals surface area contributed by atoms with Crippen LogP contribution in [0.2, 0.25) is 0 Å². The van der Waals surface area contributed by atoms with Gasteiger partial charge in [0.05, 0.1) is 10.1 Å². The molecule has 2 aliphatic heterocycles. The summed E-state index contributed by atoms with van der Waals surface area (Å²) < 4.78 is 11.4. The molecule has 1 unspecified atom stereocenters. The summed E-state index contributed by atoms with van der Waals surface area (Å²) in [5, 5.41) is 18.9. The Morgan fingerprint density at radius 2 is 1.74 bits per heavy atom. The number of ether oxygens (including phenoxy) is 2. The molecule has 5 nitrogen and oxygen atoms in total. The number of benzene rings is 3. The zero-order chi connectivity index (χ0) is 24.6. The van der Waals surface area contributed by atoms with E-state index in [4.69, 9.17) is 9.47 Å². The second-order valence-electron chi connectivity index (χ2n) is 9.04. The fourth-order valence-corrected chi connectivity index (χ4v) is 5.81. The van der Waals surface area contributed by atoms with E-state index >= 15 is 0 Å². The Kier molecular flexibility index (Phi) is 8.83. The highest BCUT2D eigenvalue weighted by molar-refractivity contribution is 7.99. The fourth-order valence-electron chi connectivity index (χ4n) is 4.65. The van der Waals surface area contributed by atoms with E-state index < -0.39 is 0 Å². The van der Waals surface area contributed by atoms with Crippen molar-refractivity contribution in [3.05, 3.63) is 78.4 Å². The molecule has 0 aromatic heterocycles. The molecule has 0 bridgehead atoms. The molecule has 1 saturated heterocycles. The van der Waals surface area contributed by atoms with E-state index in [9.17, 15) is 10.2 Å². The van der Waals surface area contributed by atoms with Gasteiger partial charge in [0.2, 0.25) is 0 Å². The minimum Gasteiger partial charge on any atom is -0.508 e. The van der Waals surface area contributed by atoms with Crippen molar-refractivity contribution in [1.29, 1.82) is 0 Å². The third-order valence-corrected chi connectivity index (χ3v) is 8.08. The maximum atomic E-state index is 9.48. The molecule has 0 saturated carbocycles. The first kappa shape index (κ1) is 25.3. The lowest BCUT2D eigenvalue weighted by Crippen LogP contribution is -2.33. The summed E-state index contributed by atoms with van der Waals surface area (Å²) in [5.74, 6) is 3.18. The Morgan fingerprint density at radius 1 is 1.00 bits per heavy atom. The molecule has 3 aromatic carbocycles.